The van der Waals surface area contributed by atoms with Gasteiger partial charge in [0.05, 0.1) is 37.2 Å². The van der Waals surface area contributed by atoms with Gasteiger partial charge >= 0.3 is 12.4 Å². The van der Waals surface area contributed by atoms with Gasteiger partial charge in [0.1, 0.15) is 6.54 Å². The predicted molar refractivity (Wildman–Crippen MR) is 118 cm³/mol. The second-order valence-electron chi connectivity index (χ2n) is 7.66. The van der Waals surface area contributed by atoms with Crippen molar-refractivity contribution >= 4 is 29.0 Å². The summed E-state index contributed by atoms with van der Waals surface area (Å²) in [5.74, 6) is -0.693. The third kappa shape index (κ3) is 6.00. The molecule has 0 spiro atoms. The number of rotatable bonds is 6. The Balaban J connectivity index is 1.59. The van der Waals surface area contributed by atoms with Crippen molar-refractivity contribution < 1.29 is 37.0 Å². The maximum atomic E-state index is 13.2. The number of amides is 3. The average Bonchev–Trinajstić information content (AvgIpc) is 2.83. The number of aromatic nitrogens is 1. The number of hydrogen-bond donors (Lipinski definition) is 2. The van der Waals surface area contributed by atoms with Crippen molar-refractivity contribution in [2.24, 2.45) is 0 Å². The van der Waals surface area contributed by atoms with Gasteiger partial charge in [-0.15, -0.1) is 13.2 Å². The Morgan fingerprint density at radius 3 is 2.83 bits per heavy atom. The molecule has 12 heteroatoms. The van der Waals surface area contributed by atoms with E-state index in [1.807, 2.05) is 6.08 Å². The van der Waals surface area contributed by atoms with Crippen LogP contribution in [0.4, 0.5) is 29.5 Å². The molecule has 1 aromatic rings. The number of urea groups is 1. The Labute approximate surface area is 198 Å². The number of carbonyl (C=O) groups is 2. The number of ether oxygens (including phenoxy) is 3. The number of pyridine rings is 1. The molecule has 3 aliphatic rings. The van der Waals surface area contributed by atoms with E-state index in [2.05, 4.69) is 31.8 Å². The molecule has 1 aromatic heterocycles. The molecule has 0 saturated carbocycles. The Bertz CT molecular complexity index is 1190. The fourth-order valence-corrected chi connectivity index (χ4v) is 3.64. The Morgan fingerprint density at radius 2 is 2.17 bits per heavy atom. The number of hydrogen-bond acceptors (Lipinski definition) is 6. The van der Waals surface area contributed by atoms with Crippen molar-refractivity contribution in [2.45, 2.75) is 18.8 Å². The number of anilines is 2. The lowest BCUT2D eigenvalue weighted by molar-refractivity contribution is -0.303. The molecule has 1 aliphatic carbocycles. The highest BCUT2D eigenvalue weighted by Gasteiger charge is 2.33. The van der Waals surface area contributed by atoms with Crippen LogP contribution in [-0.2, 0) is 19.0 Å². The molecular weight excluding hydrogens is 469 g/mol. The molecule has 3 amide bonds. The van der Waals surface area contributed by atoms with E-state index in [1.54, 1.807) is 12.1 Å². The molecule has 2 aliphatic heterocycles. The van der Waals surface area contributed by atoms with Crippen molar-refractivity contribution in [1.29, 1.82) is 0 Å². The first-order valence-electron chi connectivity index (χ1n) is 10.6. The zero-order valence-electron chi connectivity index (χ0n) is 18.6. The number of nitrogens with zero attached hydrogens (tertiary/aromatic N) is 2. The zero-order chi connectivity index (χ0) is 25.0. The van der Waals surface area contributed by atoms with E-state index in [0.29, 0.717) is 36.6 Å². The van der Waals surface area contributed by atoms with Gasteiger partial charge in [-0.3, -0.25) is 9.69 Å². The minimum atomic E-state index is -4.86. The number of alkyl halides is 3. The van der Waals surface area contributed by atoms with E-state index >= 15 is 0 Å². The van der Waals surface area contributed by atoms with Gasteiger partial charge in [-0.25, -0.2) is 9.78 Å². The predicted octanol–water partition coefficient (Wildman–Crippen LogP) is 3.04. The molecule has 1 unspecified atom stereocenters. The molecule has 0 aromatic carbocycles. The van der Waals surface area contributed by atoms with Crippen molar-refractivity contribution in [2.75, 3.05) is 43.7 Å². The van der Waals surface area contributed by atoms with Crippen LogP contribution in [0, 0.1) is 0 Å². The molecule has 0 saturated heterocycles. The van der Waals surface area contributed by atoms with Crippen molar-refractivity contribution in [1.82, 2.24) is 10.3 Å². The maximum absolute atomic E-state index is 13.2. The van der Waals surface area contributed by atoms with Crippen LogP contribution in [0.5, 0.6) is 0 Å². The number of carbonyl (C=O) groups excluding carboxylic acids is 2. The van der Waals surface area contributed by atoms with Crippen LogP contribution in [0.15, 0.2) is 53.2 Å². The first-order chi connectivity index (χ1) is 16.7. The highest BCUT2D eigenvalue weighted by molar-refractivity contribution is 6.08. The fraction of sp³-hybridized carbons (Fsp3) is 0.348. The number of nitrogens with one attached hydrogen (secondary N) is 2. The minimum absolute atomic E-state index is 0.0111. The van der Waals surface area contributed by atoms with Gasteiger partial charge < -0.3 is 24.8 Å². The van der Waals surface area contributed by atoms with Crippen LogP contribution in [0.25, 0.3) is 5.57 Å². The monoisotopic (exact) mass is 490 g/mol. The smallest absolute Gasteiger partial charge is 0.397 e. The van der Waals surface area contributed by atoms with Gasteiger partial charge in [-0.05, 0) is 42.0 Å². The quantitative estimate of drug-likeness (QED) is 0.595. The Kier molecular flexibility index (Phi) is 7.09. The van der Waals surface area contributed by atoms with Crippen LogP contribution in [0.1, 0.15) is 12.1 Å². The maximum Gasteiger partial charge on any atom is 0.573 e. The van der Waals surface area contributed by atoms with Gasteiger partial charge in [-0.2, -0.15) is 0 Å². The second kappa shape index (κ2) is 10.2. The summed E-state index contributed by atoms with van der Waals surface area (Å²) in [6, 6.07) is 2.01. The number of fused-ring (bicyclic) bond motifs is 1. The largest absolute Gasteiger partial charge is 0.573 e. The molecule has 0 radical (unpaired) electrons. The van der Waals surface area contributed by atoms with Crippen LogP contribution in [0.3, 0.4) is 0 Å². The van der Waals surface area contributed by atoms with E-state index in [4.69, 9.17) is 9.47 Å². The standard InChI is InChI=1S/C23H21F3N4O5/c1-33-13-19(14-2-4-16(5-3-14)35-23(24,25)26)29-22(32)30-12-20(31)27-18-7-6-17(28-21(18)30)15-8-10-34-11-9-15/h2,4,6-8,19H,9-13H2,1H3,(H,27,31)(H,29,32). The van der Waals surface area contributed by atoms with Crippen molar-refractivity contribution in [3.63, 3.8) is 0 Å². The number of halogens is 3. The van der Waals surface area contributed by atoms with E-state index in [9.17, 15) is 22.8 Å². The molecule has 9 nitrogen and oxygen atoms in total. The van der Waals surface area contributed by atoms with E-state index in [0.717, 1.165) is 11.6 Å². The second-order valence-corrected chi connectivity index (χ2v) is 7.66. The molecule has 2 N–H and O–H groups in total. The lowest BCUT2D eigenvalue weighted by atomic mass is 10.1. The van der Waals surface area contributed by atoms with E-state index < -0.39 is 30.1 Å². The molecule has 3 heterocycles. The topological polar surface area (TPSA) is 102 Å². The summed E-state index contributed by atoms with van der Waals surface area (Å²) in [5, 5.41) is 5.43. The Morgan fingerprint density at radius 1 is 1.34 bits per heavy atom. The summed E-state index contributed by atoms with van der Waals surface area (Å²) in [6.45, 7) is 0.743. The number of methoxy groups -OCH3 is 1. The summed E-state index contributed by atoms with van der Waals surface area (Å²) in [7, 11) is 1.41. The minimum Gasteiger partial charge on any atom is -0.397 e. The Hall–Kier alpha value is -3.82. The van der Waals surface area contributed by atoms with Crippen LogP contribution < -0.4 is 15.5 Å². The van der Waals surface area contributed by atoms with Crippen molar-refractivity contribution in [3.8, 4) is 0 Å². The third-order valence-corrected chi connectivity index (χ3v) is 5.22. The fourth-order valence-electron chi connectivity index (χ4n) is 3.64. The molecule has 0 fully saturated rings. The van der Waals surface area contributed by atoms with E-state index in [-0.39, 0.29) is 19.0 Å². The van der Waals surface area contributed by atoms with E-state index in [1.165, 1.54) is 18.1 Å². The number of allylic oxidation sites excluding steroid dienone is 1. The molecular formula is C23H21F3N4O5. The molecule has 0 bridgehead atoms. The molecule has 1 atom stereocenters. The first-order valence-corrected chi connectivity index (χ1v) is 10.6. The molecule has 4 rings (SSSR count). The first kappa shape index (κ1) is 24.3. The van der Waals surface area contributed by atoms with Gasteiger partial charge in [0.15, 0.2) is 11.6 Å². The van der Waals surface area contributed by atoms with Gasteiger partial charge in [0.25, 0.3) is 0 Å². The van der Waals surface area contributed by atoms with Crippen molar-refractivity contribution in [3.05, 3.63) is 58.8 Å². The van der Waals surface area contributed by atoms with Crippen LogP contribution >= 0.6 is 0 Å². The van der Waals surface area contributed by atoms with Gasteiger partial charge in [0.2, 0.25) is 5.91 Å². The van der Waals surface area contributed by atoms with Crippen LogP contribution in [0.2, 0.25) is 0 Å². The zero-order valence-corrected chi connectivity index (χ0v) is 18.6. The molecule has 35 heavy (non-hydrogen) atoms. The van der Waals surface area contributed by atoms with Gasteiger partial charge in [-0.1, -0.05) is 11.8 Å². The summed E-state index contributed by atoms with van der Waals surface area (Å²) in [4.78, 5) is 31.2. The van der Waals surface area contributed by atoms with Crippen LogP contribution in [-0.4, -0.2) is 62.8 Å². The average molecular weight is 490 g/mol. The SMILES string of the molecule is COCC(NC(=O)N1CC(=O)Nc2ccc(C3=CCOCC3)nc21)C1=C=C=C(OC(F)(F)F)C=C1. The summed E-state index contributed by atoms with van der Waals surface area (Å²) < 4.78 is 51.5. The summed E-state index contributed by atoms with van der Waals surface area (Å²) >= 11 is 0. The lowest BCUT2D eigenvalue weighted by Gasteiger charge is -2.30. The normalized spacial score (nSPS) is 18.1. The third-order valence-electron chi connectivity index (χ3n) is 5.22. The highest BCUT2D eigenvalue weighted by atomic mass is 19.4. The highest BCUT2D eigenvalue weighted by Crippen LogP contribution is 2.31. The molecule has 184 valence electrons. The lowest BCUT2D eigenvalue weighted by Crippen LogP contribution is -2.51. The van der Waals surface area contributed by atoms with Gasteiger partial charge in [0, 0.05) is 12.7 Å². The summed E-state index contributed by atoms with van der Waals surface area (Å²) in [6.07, 6.45) is 0.0954. The summed E-state index contributed by atoms with van der Waals surface area (Å²) in [5.41, 5.74) is 7.15.